The fraction of sp³-hybridized carbons (Fsp3) is 0. The van der Waals surface area contributed by atoms with Crippen molar-refractivity contribution in [2.24, 2.45) is 0 Å². The molecule has 2 aromatic carbocycles. The summed E-state index contributed by atoms with van der Waals surface area (Å²) in [5.74, 6) is 0. The number of benzene rings is 2. The Morgan fingerprint density at radius 1 is 1.14 bits per heavy atom. The van der Waals surface area contributed by atoms with Gasteiger partial charge >= 0.3 is 4.94 Å². The van der Waals surface area contributed by atoms with E-state index in [9.17, 15) is 13.2 Å². The van der Waals surface area contributed by atoms with Crippen LogP contribution in [0.5, 0.6) is 0 Å². The van der Waals surface area contributed by atoms with Gasteiger partial charge in [-0.25, -0.2) is 13.2 Å². The van der Waals surface area contributed by atoms with Gasteiger partial charge in [0.25, 0.3) is 10.0 Å². The molecule has 0 saturated carbocycles. The Kier molecular flexibility index (Phi) is 3.48. The van der Waals surface area contributed by atoms with Crippen LogP contribution in [0.15, 0.2) is 56.6 Å². The van der Waals surface area contributed by atoms with Crippen molar-refractivity contribution in [3.05, 3.63) is 57.2 Å². The van der Waals surface area contributed by atoms with Crippen LogP contribution in [0.4, 0.5) is 5.69 Å². The van der Waals surface area contributed by atoms with E-state index in [1.165, 1.54) is 24.3 Å². The van der Waals surface area contributed by atoms with Crippen molar-refractivity contribution in [1.82, 2.24) is 0 Å². The van der Waals surface area contributed by atoms with Gasteiger partial charge in [0.05, 0.1) is 20.3 Å². The van der Waals surface area contributed by atoms with Crippen LogP contribution in [-0.2, 0) is 10.0 Å². The van der Waals surface area contributed by atoms with Gasteiger partial charge in [0.2, 0.25) is 0 Å². The van der Waals surface area contributed by atoms with Crippen LogP contribution in [0.1, 0.15) is 0 Å². The molecule has 0 unspecified atom stereocenters. The quantitative estimate of drug-likeness (QED) is 0.793. The second-order valence-electron chi connectivity index (χ2n) is 4.16. The maximum Gasteiger partial charge on any atom is 0.396 e. The van der Waals surface area contributed by atoms with Crippen LogP contribution in [0.25, 0.3) is 10.3 Å². The van der Waals surface area contributed by atoms with Crippen LogP contribution in [0.2, 0.25) is 5.02 Å². The highest BCUT2D eigenvalue weighted by atomic mass is 35.5. The monoisotopic (exact) mass is 341 g/mol. The number of sulfonamides is 1. The molecule has 0 saturated heterocycles. The number of halogens is 1. The van der Waals surface area contributed by atoms with Crippen molar-refractivity contribution in [2.45, 2.75) is 4.90 Å². The first-order valence-electron chi connectivity index (χ1n) is 5.77. The Morgan fingerprint density at radius 3 is 2.57 bits per heavy atom. The van der Waals surface area contributed by atoms with E-state index < -0.39 is 15.0 Å². The largest absolute Gasteiger partial charge is 0.412 e. The Balaban J connectivity index is 2.04. The van der Waals surface area contributed by atoms with Gasteiger partial charge in [-0.15, -0.1) is 0 Å². The molecule has 5 nitrogen and oxygen atoms in total. The van der Waals surface area contributed by atoms with E-state index in [-0.39, 0.29) is 21.2 Å². The smallest absolute Gasteiger partial charge is 0.396 e. The van der Waals surface area contributed by atoms with E-state index in [1.54, 1.807) is 18.2 Å². The molecule has 0 aliphatic rings. The summed E-state index contributed by atoms with van der Waals surface area (Å²) in [6.45, 7) is 0. The van der Waals surface area contributed by atoms with E-state index >= 15 is 0 Å². The molecule has 8 heteroatoms. The van der Waals surface area contributed by atoms with Gasteiger partial charge in [0.1, 0.15) is 0 Å². The molecule has 108 valence electrons. The fourth-order valence-electron chi connectivity index (χ4n) is 1.81. The third kappa shape index (κ3) is 2.80. The molecule has 1 aromatic heterocycles. The summed E-state index contributed by atoms with van der Waals surface area (Å²) >= 11 is 6.85. The molecule has 0 aliphatic carbocycles. The summed E-state index contributed by atoms with van der Waals surface area (Å²) < 4.78 is 32.3. The summed E-state index contributed by atoms with van der Waals surface area (Å²) in [6, 6.07) is 10.9. The molecule has 0 atom stereocenters. The van der Waals surface area contributed by atoms with Gasteiger partial charge in [0.15, 0.2) is 5.58 Å². The van der Waals surface area contributed by atoms with Crippen molar-refractivity contribution in [3.8, 4) is 0 Å². The van der Waals surface area contributed by atoms with E-state index in [1.807, 2.05) is 0 Å². The maximum absolute atomic E-state index is 12.2. The van der Waals surface area contributed by atoms with Gasteiger partial charge in [-0.1, -0.05) is 41.1 Å². The number of anilines is 1. The lowest BCUT2D eigenvalue weighted by Gasteiger charge is -2.08. The highest BCUT2D eigenvalue weighted by Gasteiger charge is 2.16. The second kappa shape index (κ2) is 5.18. The molecule has 0 amide bonds. The number of hydrogen-bond donors (Lipinski definition) is 1. The van der Waals surface area contributed by atoms with Gasteiger partial charge < -0.3 is 4.42 Å². The summed E-state index contributed by atoms with van der Waals surface area (Å²) in [7, 11) is -3.70. The average molecular weight is 342 g/mol. The summed E-state index contributed by atoms with van der Waals surface area (Å²) in [5.41, 5.74) is 0.530. The predicted molar refractivity (Wildman–Crippen MR) is 82.6 cm³/mol. The minimum Gasteiger partial charge on any atom is -0.412 e. The van der Waals surface area contributed by atoms with E-state index in [2.05, 4.69) is 4.72 Å². The van der Waals surface area contributed by atoms with Crippen molar-refractivity contribution in [1.29, 1.82) is 0 Å². The minimum atomic E-state index is -3.70. The van der Waals surface area contributed by atoms with Gasteiger partial charge in [-0.05, 0) is 24.3 Å². The summed E-state index contributed by atoms with van der Waals surface area (Å²) in [6.07, 6.45) is 0. The molecule has 1 heterocycles. The van der Waals surface area contributed by atoms with Crippen molar-refractivity contribution in [2.75, 3.05) is 4.72 Å². The highest BCUT2D eigenvalue weighted by Crippen LogP contribution is 2.30. The minimum absolute atomic E-state index is 0.140. The molecule has 0 fully saturated rings. The normalized spacial score (nSPS) is 11.7. The zero-order chi connectivity index (χ0) is 15.0. The van der Waals surface area contributed by atoms with Crippen LogP contribution < -0.4 is 9.66 Å². The van der Waals surface area contributed by atoms with Crippen molar-refractivity contribution >= 4 is 48.9 Å². The third-order valence-corrected chi connectivity index (χ3v) is 5.15. The first kappa shape index (κ1) is 14.1. The zero-order valence-electron chi connectivity index (χ0n) is 10.4. The highest BCUT2D eigenvalue weighted by molar-refractivity contribution is 7.92. The molecule has 0 bridgehead atoms. The SMILES string of the molecule is O=c1oc2c(Cl)cc(NS(=O)(=O)c3ccccc3)cc2s1. The first-order chi connectivity index (χ1) is 9.95. The average Bonchev–Trinajstić information content (AvgIpc) is 2.80. The fourth-order valence-corrected chi connectivity index (χ4v) is 3.92. The lowest BCUT2D eigenvalue weighted by atomic mass is 10.3. The molecule has 0 spiro atoms. The molecular weight excluding hydrogens is 334 g/mol. The summed E-state index contributed by atoms with van der Waals surface area (Å²) in [5, 5.41) is 0.177. The van der Waals surface area contributed by atoms with Crippen molar-refractivity contribution in [3.63, 3.8) is 0 Å². The Hall–Kier alpha value is -1.83. The topological polar surface area (TPSA) is 76.4 Å². The standard InChI is InChI=1S/C13H8ClNO4S2/c14-10-6-8(7-11-12(10)19-13(16)20-11)15-21(17,18)9-4-2-1-3-5-9/h1-7,15H. The first-order valence-corrected chi connectivity index (χ1v) is 8.44. The van der Waals surface area contributed by atoms with E-state index in [0.717, 1.165) is 11.3 Å². The number of hydrogen-bond acceptors (Lipinski definition) is 5. The van der Waals surface area contributed by atoms with Gasteiger partial charge in [0, 0.05) is 0 Å². The maximum atomic E-state index is 12.2. The number of fused-ring (bicyclic) bond motifs is 1. The molecule has 0 radical (unpaired) electrons. The molecule has 3 rings (SSSR count). The molecule has 3 aromatic rings. The molecular formula is C13H8ClNO4S2. The van der Waals surface area contributed by atoms with Crippen LogP contribution in [0, 0.1) is 0 Å². The van der Waals surface area contributed by atoms with E-state index in [4.69, 9.17) is 16.0 Å². The Bertz CT molecular complexity index is 961. The van der Waals surface area contributed by atoms with Crippen LogP contribution in [0.3, 0.4) is 0 Å². The second-order valence-corrected chi connectivity index (χ2v) is 7.22. The predicted octanol–water partition coefficient (Wildman–Crippen LogP) is 3.31. The van der Waals surface area contributed by atoms with Gasteiger partial charge in [-0.3, -0.25) is 4.72 Å². The van der Waals surface area contributed by atoms with E-state index in [0.29, 0.717) is 4.70 Å². The van der Waals surface area contributed by atoms with Crippen molar-refractivity contribution < 1.29 is 12.8 Å². The summed E-state index contributed by atoms with van der Waals surface area (Å²) in [4.78, 5) is 10.9. The number of rotatable bonds is 3. The Labute approximate surface area is 128 Å². The Morgan fingerprint density at radius 2 is 1.86 bits per heavy atom. The van der Waals surface area contributed by atoms with Crippen LogP contribution >= 0.6 is 22.9 Å². The third-order valence-electron chi connectivity index (χ3n) is 2.69. The van der Waals surface area contributed by atoms with Crippen LogP contribution in [-0.4, -0.2) is 8.42 Å². The molecule has 0 aliphatic heterocycles. The number of nitrogens with one attached hydrogen (secondary N) is 1. The molecule has 21 heavy (non-hydrogen) atoms. The van der Waals surface area contributed by atoms with Gasteiger partial charge in [-0.2, -0.15) is 0 Å². The zero-order valence-corrected chi connectivity index (χ0v) is 12.8. The molecule has 1 N–H and O–H groups in total. The lowest BCUT2D eigenvalue weighted by molar-refractivity contribution is 0.585. The lowest BCUT2D eigenvalue weighted by Crippen LogP contribution is -2.12.